The number of aromatic hydroxyl groups is 1. The van der Waals surface area contributed by atoms with E-state index in [-0.39, 0.29) is 28.6 Å². The number of ether oxygens (including phenoxy) is 2. The molecule has 0 spiro atoms. The number of nitrogens with one attached hydrogen (secondary N) is 1. The largest absolute Gasteiger partial charge is 0.502 e. The van der Waals surface area contributed by atoms with Gasteiger partial charge >= 0.3 is 0 Å². The molecule has 0 bridgehead atoms. The Bertz CT molecular complexity index is 870. The number of carbonyl (C=O) groups excluding carboxylic acids is 1. The van der Waals surface area contributed by atoms with Crippen LogP contribution in [0.5, 0.6) is 17.2 Å². The number of methoxy groups -OCH3 is 2. The first-order valence-electron chi connectivity index (χ1n) is 7.46. The van der Waals surface area contributed by atoms with Crippen molar-refractivity contribution in [3.63, 3.8) is 0 Å². The lowest BCUT2D eigenvalue weighted by Gasteiger charge is -2.17. The van der Waals surface area contributed by atoms with Crippen molar-refractivity contribution in [3.8, 4) is 17.2 Å². The van der Waals surface area contributed by atoms with Crippen LogP contribution in [0.25, 0.3) is 6.08 Å². The summed E-state index contributed by atoms with van der Waals surface area (Å²) in [4.78, 5) is 26.7. The highest BCUT2D eigenvalue weighted by molar-refractivity contribution is 6.12. The third-order valence-corrected chi connectivity index (χ3v) is 4.02. The van der Waals surface area contributed by atoms with Crippen LogP contribution in [0.3, 0.4) is 0 Å². The van der Waals surface area contributed by atoms with Gasteiger partial charge in [-0.15, -0.1) is 0 Å². The first-order chi connectivity index (χ1) is 11.5. The van der Waals surface area contributed by atoms with Crippen molar-refractivity contribution in [2.75, 3.05) is 14.2 Å². The minimum atomic E-state index is -0.206. The Morgan fingerprint density at radius 1 is 1.08 bits per heavy atom. The molecule has 0 amide bonds. The summed E-state index contributed by atoms with van der Waals surface area (Å²) in [6.45, 7) is 0. The number of allylic oxidation sites excluding steroid dienone is 1. The van der Waals surface area contributed by atoms with Gasteiger partial charge in [0, 0.05) is 22.9 Å². The number of fused-ring (bicyclic) bond motifs is 1. The smallest absolute Gasteiger partial charge is 0.248 e. The van der Waals surface area contributed by atoms with Crippen LogP contribution in [0.1, 0.15) is 28.0 Å². The second kappa shape index (κ2) is 6.23. The first kappa shape index (κ1) is 15.9. The van der Waals surface area contributed by atoms with E-state index in [9.17, 15) is 14.7 Å². The number of aromatic nitrogens is 1. The van der Waals surface area contributed by atoms with Crippen molar-refractivity contribution in [1.82, 2.24) is 4.98 Å². The summed E-state index contributed by atoms with van der Waals surface area (Å²) in [6, 6.07) is 6.19. The van der Waals surface area contributed by atoms with Crippen LogP contribution in [0.15, 0.2) is 34.6 Å². The molecule has 3 rings (SSSR count). The summed E-state index contributed by atoms with van der Waals surface area (Å²) in [6.07, 6.45) is 2.87. The van der Waals surface area contributed by atoms with E-state index in [1.807, 2.05) is 0 Å². The van der Waals surface area contributed by atoms with Gasteiger partial charge in [0.1, 0.15) is 0 Å². The van der Waals surface area contributed by atoms with Gasteiger partial charge in [0.25, 0.3) is 0 Å². The predicted octanol–water partition coefficient (Wildman–Crippen LogP) is 2.31. The van der Waals surface area contributed by atoms with E-state index in [4.69, 9.17) is 9.47 Å². The number of hydrogen-bond donors (Lipinski definition) is 2. The van der Waals surface area contributed by atoms with E-state index >= 15 is 0 Å². The summed E-state index contributed by atoms with van der Waals surface area (Å²) < 4.78 is 10.3. The van der Waals surface area contributed by atoms with Gasteiger partial charge in [-0.2, -0.15) is 0 Å². The van der Waals surface area contributed by atoms with E-state index in [0.717, 1.165) is 0 Å². The number of Topliss-reactive ketones (excluding diaryl/α,β-unsaturated/α-hetero) is 1. The lowest BCUT2D eigenvalue weighted by atomic mass is 9.89. The van der Waals surface area contributed by atoms with E-state index < -0.39 is 0 Å². The maximum atomic E-state index is 12.6. The van der Waals surface area contributed by atoms with Crippen molar-refractivity contribution in [2.24, 2.45) is 0 Å². The van der Waals surface area contributed by atoms with Crippen molar-refractivity contribution in [1.29, 1.82) is 0 Å². The fourth-order valence-electron chi connectivity index (χ4n) is 2.81. The molecule has 0 atom stereocenters. The molecule has 6 heteroatoms. The molecule has 6 nitrogen and oxygen atoms in total. The predicted molar refractivity (Wildman–Crippen MR) is 88.9 cm³/mol. The van der Waals surface area contributed by atoms with Crippen molar-refractivity contribution in [2.45, 2.75) is 12.8 Å². The van der Waals surface area contributed by atoms with Gasteiger partial charge in [0.2, 0.25) is 11.3 Å². The Balaban J connectivity index is 2.02. The Morgan fingerprint density at radius 2 is 1.75 bits per heavy atom. The van der Waals surface area contributed by atoms with E-state index in [0.29, 0.717) is 35.2 Å². The summed E-state index contributed by atoms with van der Waals surface area (Å²) in [7, 11) is 2.90. The number of carbonyl (C=O) groups is 1. The maximum absolute atomic E-state index is 12.6. The number of hydrogen-bond acceptors (Lipinski definition) is 5. The van der Waals surface area contributed by atoms with Crippen LogP contribution in [0.4, 0.5) is 0 Å². The number of benzene rings is 1. The molecule has 0 fully saturated rings. The molecule has 0 aliphatic heterocycles. The lowest BCUT2D eigenvalue weighted by molar-refractivity contribution is 0.102. The molecule has 0 saturated heterocycles. The molecule has 2 N–H and O–H groups in total. The van der Waals surface area contributed by atoms with E-state index in [1.165, 1.54) is 20.3 Å². The zero-order valence-electron chi connectivity index (χ0n) is 13.4. The van der Waals surface area contributed by atoms with Gasteiger partial charge < -0.3 is 19.6 Å². The molecular weight excluding hydrogens is 310 g/mol. The molecule has 0 radical (unpaired) electrons. The summed E-state index contributed by atoms with van der Waals surface area (Å²) in [5, 5.41) is 9.96. The van der Waals surface area contributed by atoms with Gasteiger partial charge in [-0.3, -0.25) is 9.59 Å². The Hall–Kier alpha value is -3.02. The van der Waals surface area contributed by atoms with Gasteiger partial charge in [0.05, 0.1) is 14.2 Å². The topological polar surface area (TPSA) is 88.6 Å². The van der Waals surface area contributed by atoms with Gasteiger partial charge in [-0.1, -0.05) is 0 Å². The SMILES string of the molecule is COc1cc(C=C2CCc3[nH]c(=O)ccc3C2=O)cc(OC)c1O. The number of pyridine rings is 1. The third-order valence-electron chi connectivity index (χ3n) is 4.02. The minimum Gasteiger partial charge on any atom is -0.502 e. The Labute approximate surface area is 138 Å². The van der Waals surface area contributed by atoms with Gasteiger partial charge in [-0.25, -0.2) is 0 Å². The first-order valence-corrected chi connectivity index (χ1v) is 7.46. The molecule has 124 valence electrons. The molecule has 1 heterocycles. The van der Waals surface area contributed by atoms with Gasteiger partial charge in [0.15, 0.2) is 17.3 Å². The highest BCUT2D eigenvalue weighted by Gasteiger charge is 2.22. The standard InChI is InChI=1S/C18H17NO5/c1-23-14-8-10(9-15(24-2)18(14)22)7-11-3-5-13-12(17(11)21)4-6-16(20)19-13/h4,6-9,22H,3,5H2,1-2H3,(H,19,20). The molecule has 1 aliphatic rings. The second-order valence-electron chi connectivity index (χ2n) is 5.49. The number of ketones is 1. The number of aryl methyl sites for hydroxylation is 1. The van der Waals surface area contributed by atoms with Crippen LogP contribution in [0, 0.1) is 0 Å². The van der Waals surface area contributed by atoms with Crippen molar-refractivity contribution in [3.05, 3.63) is 57.0 Å². The van der Waals surface area contributed by atoms with Crippen molar-refractivity contribution >= 4 is 11.9 Å². The molecule has 0 unspecified atom stereocenters. The summed E-state index contributed by atoms with van der Waals surface area (Å²) in [5.41, 5.74) is 2.30. The summed E-state index contributed by atoms with van der Waals surface area (Å²) >= 11 is 0. The molecule has 1 aromatic carbocycles. The van der Waals surface area contributed by atoms with Crippen LogP contribution < -0.4 is 15.0 Å². The molecular formula is C18H17NO5. The summed E-state index contributed by atoms with van der Waals surface area (Å²) in [5.74, 6) is 0.349. The highest BCUT2D eigenvalue weighted by Crippen LogP contribution is 2.38. The number of H-pyrrole nitrogens is 1. The fraction of sp³-hybridized carbons (Fsp3) is 0.222. The monoisotopic (exact) mass is 327 g/mol. The maximum Gasteiger partial charge on any atom is 0.248 e. The number of rotatable bonds is 3. The fourth-order valence-corrected chi connectivity index (χ4v) is 2.81. The van der Waals surface area contributed by atoms with Crippen LogP contribution in [-0.4, -0.2) is 30.1 Å². The zero-order chi connectivity index (χ0) is 17.3. The quantitative estimate of drug-likeness (QED) is 0.845. The molecule has 0 saturated carbocycles. The molecule has 24 heavy (non-hydrogen) atoms. The molecule has 2 aromatic rings. The number of phenolic OH excluding ortho intramolecular Hbond substituents is 1. The van der Waals surface area contributed by atoms with E-state index in [1.54, 1.807) is 24.3 Å². The highest BCUT2D eigenvalue weighted by atomic mass is 16.5. The normalized spacial score (nSPS) is 15.2. The molecule has 1 aliphatic carbocycles. The van der Waals surface area contributed by atoms with Crippen LogP contribution in [-0.2, 0) is 6.42 Å². The van der Waals surface area contributed by atoms with Crippen LogP contribution >= 0.6 is 0 Å². The Morgan fingerprint density at radius 3 is 2.38 bits per heavy atom. The van der Waals surface area contributed by atoms with Crippen LogP contribution in [0.2, 0.25) is 0 Å². The second-order valence-corrected chi connectivity index (χ2v) is 5.49. The average Bonchev–Trinajstić information content (AvgIpc) is 2.58. The van der Waals surface area contributed by atoms with E-state index in [2.05, 4.69) is 4.98 Å². The van der Waals surface area contributed by atoms with Gasteiger partial charge in [-0.05, 0) is 42.7 Å². The minimum absolute atomic E-state index is 0.0833. The molecule has 1 aromatic heterocycles. The third kappa shape index (κ3) is 2.78. The Kier molecular flexibility index (Phi) is 4.12. The lowest BCUT2D eigenvalue weighted by Crippen LogP contribution is -2.19. The zero-order valence-corrected chi connectivity index (χ0v) is 13.4. The number of aromatic amines is 1. The van der Waals surface area contributed by atoms with Crippen molar-refractivity contribution < 1.29 is 19.4 Å². The average molecular weight is 327 g/mol. The number of phenols is 1.